The Morgan fingerprint density at radius 2 is 2.50 bits per heavy atom. The van der Waals surface area contributed by atoms with Crippen LogP contribution in [0.1, 0.15) is 13.3 Å². The van der Waals surface area contributed by atoms with Gasteiger partial charge in [0.1, 0.15) is 0 Å². The third-order valence-electron chi connectivity index (χ3n) is 1.31. The Morgan fingerprint density at radius 1 is 1.80 bits per heavy atom. The van der Waals surface area contributed by atoms with E-state index in [0.29, 0.717) is 0 Å². The van der Waals surface area contributed by atoms with Crippen molar-refractivity contribution < 1.29 is 13.6 Å². The van der Waals surface area contributed by atoms with Gasteiger partial charge in [-0.2, -0.15) is 0 Å². The summed E-state index contributed by atoms with van der Waals surface area (Å²) in [5.74, 6) is 0.867. The zero-order valence-electron chi connectivity index (χ0n) is 6.07. The van der Waals surface area contributed by atoms with E-state index in [1.165, 1.54) is 18.5 Å². The van der Waals surface area contributed by atoms with Gasteiger partial charge in [-0.25, -0.2) is 4.57 Å². The van der Waals surface area contributed by atoms with Crippen LogP contribution >= 0.6 is 18.2 Å². The van der Waals surface area contributed by atoms with E-state index in [-0.39, 0.29) is 6.10 Å². The van der Waals surface area contributed by atoms with Gasteiger partial charge in [-0.1, -0.05) is 0 Å². The first-order chi connectivity index (χ1) is 4.66. The molecule has 1 saturated heterocycles. The van der Waals surface area contributed by atoms with Crippen LogP contribution in [0.15, 0.2) is 0 Å². The summed E-state index contributed by atoms with van der Waals surface area (Å²) < 4.78 is 21.2. The molecule has 1 heterocycles. The molecule has 0 saturated carbocycles. The molecule has 0 aromatic rings. The molecular formula is C5H11O3PS. The van der Waals surface area contributed by atoms with Crippen LogP contribution in [-0.2, 0) is 13.6 Å². The average molecular weight is 182 g/mol. The highest BCUT2D eigenvalue weighted by molar-refractivity contribution is 8.55. The fraction of sp³-hybridized carbons (Fsp3) is 1.00. The van der Waals surface area contributed by atoms with Crippen molar-refractivity contribution in [2.75, 3.05) is 12.9 Å². The number of rotatable bonds is 1. The van der Waals surface area contributed by atoms with E-state index in [1.807, 2.05) is 6.92 Å². The zero-order valence-corrected chi connectivity index (χ0v) is 7.78. The third-order valence-corrected chi connectivity index (χ3v) is 5.31. The monoisotopic (exact) mass is 182 g/mol. The Hall–Kier alpha value is 0.500. The lowest BCUT2D eigenvalue weighted by Gasteiger charge is -2.24. The third kappa shape index (κ3) is 1.99. The van der Waals surface area contributed by atoms with Crippen molar-refractivity contribution in [2.24, 2.45) is 0 Å². The van der Waals surface area contributed by atoms with Crippen molar-refractivity contribution in [2.45, 2.75) is 19.4 Å². The second kappa shape index (κ2) is 3.26. The summed E-state index contributed by atoms with van der Waals surface area (Å²) in [6, 6.07) is 0. The summed E-state index contributed by atoms with van der Waals surface area (Å²) in [6.45, 7) is -0.826. The van der Waals surface area contributed by atoms with Crippen molar-refractivity contribution in [3.8, 4) is 0 Å². The van der Waals surface area contributed by atoms with Crippen molar-refractivity contribution in [1.29, 1.82) is 0 Å². The minimum atomic E-state index is -2.73. The summed E-state index contributed by atoms with van der Waals surface area (Å²) in [7, 11) is 1.42. The highest BCUT2D eigenvalue weighted by atomic mass is 32.7. The van der Waals surface area contributed by atoms with Crippen LogP contribution < -0.4 is 0 Å². The van der Waals surface area contributed by atoms with Crippen molar-refractivity contribution >= 4 is 18.2 Å². The first kappa shape index (κ1) is 8.60. The fourth-order valence-corrected chi connectivity index (χ4v) is 4.12. The zero-order chi connectivity index (χ0) is 7.61. The second-order valence-corrected chi connectivity index (χ2v) is 6.42. The van der Waals surface area contributed by atoms with E-state index < -0.39 is 6.80 Å². The van der Waals surface area contributed by atoms with E-state index in [9.17, 15) is 4.57 Å². The minimum absolute atomic E-state index is 0.0760. The molecule has 5 heteroatoms. The predicted octanol–water partition coefficient (Wildman–Crippen LogP) is 2.28. The predicted molar refractivity (Wildman–Crippen MR) is 42.2 cm³/mol. The molecule has 1 rings (SSSR count). The molecule has 3 nitrogen and oxygen atoms in total. The molecule has 10 heavy (non-hydrogen) atoms. The molecule has 2 atom stereocenters. The molecule has 2 unspecified atom stereocenters. The smallest absolute Gasteiger partial charge is 0.304 e. The molecule has 0 radical (unpaired) electrons. The first-order valence-corrected chi connectivity index (χ1v) is 6.28. The highest BCUT2D eigenvalue weighted by Gasteiger charge is 2.30. The van der Waals surface area contributed by atoms with Crippen LogP contribution in [0.3, 0.4) is 0 Å². The lowest BCUT2D eigenvalue weighted by Crippen LogP contribution is -2.12. The average Bonchev–Trinajstić information content (AvgIpc) is 1.88. The molecule has 1 aliphatic rings. The normalized spacial score (nSPS) is 41.6. The molecular weight excluding hydrogens is 171 g/mol. The molecule has 0 amide bonds. The fourth-order valence-electron chi connectivity index (χ4n) is 0.730. The van der Waals surface area contributed by atoms with E-state index in [2.05, 4.69) is 0 Å². The Morgan fingerprint density at radius 3 is 2.90 bits per heavy atom. The Bertz CT molecular complexity index is 161. The molecule has 0 N–H and O–H groups in total. The van der Waals surface area contributed by atoms with Crippen LogP contribution in [-0.4, -0.2) is 19.0 Å². The maximum absolute atomic E-state index is 11.3. The van der Waals surface area contributed by atoms with Crippen molar-refractivity contribution in [1.82, 2.24) is 0 Å². The minimum Gasteiger partial charge on any atom is -0.304 e. The van der Waals surface area contributed by atoms with Gasteiger partial charge >= 0.3 is 6.80 Å². The standard InChI is InChI=1S/C5H11O3PS/c1-5-3-4-10-9(6,7-2)8-5/h5H,3-4H2,1-2H3. The molecule has 60 valence electrons. The maximum atomic E-state index is 11.3. The van der Waals surface area contributed by atoms with Crippen molar-refractivity contribution in [3.63, 3.8) is 0 Å². The number of hydrogen-bond acceptors (Lipinski definition) is 4. The van der Waals surface area contributed by atoms with Crippen molar-refractivity contribution in [3.05, 3.63) is 0 Å². The van der Waals surface area contributed by atoms with Crippen LogP contribution in [0.25, 0.3) is 0 Å². The summed E-state index contributed by atoms with van der Waals surface area (Å²) in [6.07, 6.45) is 1.03. The molecule has 0 aromatic heterocycles. The van der Waals surface area contributed by atoms with Gasteiger partial charge < -0.3 is 4.52 Å². The highest BCUT2D eigenvalue weighted by Crippen LogP contribution is 2.63. The van der Waals surface area contributed by atoms with E-state index in [1.54, 1.807) is 0 Å². The molecule has 0 aromatic carbocycles. The SMILES string of the molecule is COP1(=O)OC(C)CCS1. The van der Waals surface area contributed by atoms with E-state index in [0.717, 1.165) is 12.2 Å². The molecule has 1 fully saturated rings. The topological polar surface area (TPSA) is 35.5 Å². The van der Waals surface area contributed by atoms with Crippen LogP contribution in [0.4, 0.5) is 0 Å². The maximum Gasteiger partial charge on any atom is 0.389 e. The Balaban J connectivity index is 2.54. The van der Waals surface area contributed by atoms with Gasteiger partial charge in [-0.05, 0) is 24.7 Å². The Labute approximate surface area is 64.8 Å². The summed E-state index contributed by atoms with van der Waals surface area (Å²) in [5, 5.41) is 0. The van der Waals surface area contributed by atoms with Gasteiger partial charge in [0.05, 0.1) is 6.10 Å². The van der Waals surface area contributed by atoms with E-state index >= 15 is 0 Å². The quantitative estimate of drug-likeness (QED) is 0.583. The summed E-state index contributed by atoms with van der Waals surface area (Å²) >= 11 is 1.28. The number of hydrogen-bond donors (Lipinski definition) is 0. The largest absolute Gasteiger partial charge is 0.389 e. The van der Waals surface area contributed by atoms with Crippen LogP contribution in [0.5, 0.6) is 0 Å². The van der Waals surface area contributed by atoms with E-state index in [4.69, 9.17) is 9.05 Å². The van der Waals surface area contributed by atoms with Crippen LogP contribution in [0, 0.1) is 0 Å². The van der Waals surface area contributed by atoms with Gasteiger partial charge in [0, 0.05) is 12.9 Å². The molecule has 0 bridgehead atoms. The van der Waals surface area contributed by atoms with Gasteiger partial charge in [-0.15, -0.1) is 0 Å². The molecule has 0 aliphatic carbocycles. The molecule has 1 aliphatic heterocycles. The lowest BCUT2D eigenvalue weighted by molar-refractivity contribution is 0.180. The second-order valence-electron chi connectivity index (χ2n) is 2.17. The first-order valence-electron chi connectivity index (χ1n) is 3.15. The summed E-state index contributed by atoms with van der Waals surface area (Å²) in [4.78, 5) is 0. The van der Waals surface area contributed by atoms with Crippen LogP contribution in [0.2, 0.25) is 0 Å². The van der Waals surface area contributed by atoms with Gasteiger partial charge in [0.15, 0.2) is 0 Å². The van der Waals surface area contributed by atoms with Gasteiger partial charge in [0.2, 0.25) is 0 Å². The van der Waals surface area contributed by atoms with Gasteiger partial charge in [0.25, 0.3) is 0 Å². The van der Waals surface area contributed by atoms with Gasteiger partial charge in [-0.3, -0.25) is 4.52 Å². The molecule has 0 spiro atoms. The summed E-state index contributed by atoms with van der Waals surface area (Å²) in [5.41, 5.74) is 0. The Kier molecular flexibility index (Phi) is 2.81. The lowest BCUT2D eigenvalue weighted by atomic mass is 10.3.